The van der Waals surface area contributed by atoms with Gasteiger partial charge in [0, 0.05) is 15.4 Å². The van der Waals surface area contributed by atoms with Crippen LogP contribution >= 0.6 is 11.8 Å². The number of nitrogens with one attached hydrogen (secondary N) is 2. The molecule has 1 aromatic heterocycles. The summed E-state index contributed by atoms with van der Waals surface area (Å²) in [5.41, 5.74) is 4.15. The lowest BCUT2D eigenvalue weighted by Crippen LogP contribution is -2.01. The van der Waals surface area contributed by atoms with E-state index < -0.39 is 0 Å². The average Bonchev–Trinajstić information content (AvgIpc) is 2.98. The van der Waals surface area contributed by atoms with Crippen LogP contribution < -0.4 is 5.32 Å². The Labute approximate surface area is 114 Å². The minimum Gasteiger partial charge on any atom is -0.353 e. The molecule has 2 heterocycles. The minimum absolute atomic E-state index is 0.851. The number of benzene rings is 2. The SMILES string of the molecule is c1ccc2c(c1)Nc1c(cccc1-c1cn[nH]n1)S2. The van der Waals surface area contributed by atoms with Gasteiger partial charge < -0.3 is 5.32 Å². The largest absolute Gasteiger partial charge is 0.353 e. The monoisotopic (exact) mass is 266 g/mol. The molecular formula is C14H10N4S. The Balaban J connectivity index is 1.88. The Morgan fingerprint density at radius 2 is 1.84 bits per heavy atom. The Hall–Kier alpha value is -2.27. The van der Waals surface area contributed by atoms with Gasteiger partial charge in [0.1, 0.15) is 5.69 Å². The third kappa shape index (κ3) is 1.70. The summed E-state index contributed by atoms with van der Waals surface area (Å²) in [6, 6.07) is 14.5. The van der Waals surface area contributed by atoms with Crippen molar-refractivity contribution in [2.75, 3.05) is 5.32 Å². The fraction of sp³-hybridized carbons (Fsp3) is 0. The molecule has 0 saturated carbocycles. The zero-order chi connectivity index (χ0) is 12.7. The predicted octanol–water partition coefficient (Wildman–Crippen LogP) is 3.68. The van der Waals surface area contributed by atoms with Crippen molar-refractivity contribution in [3.8, 4) is 11.3 Å². The van der Waals surface area contributed by atoms with Gasteiger partial charge in [0.15, 0.2) is 0 Å². The second kappa shape index (κ2) is 4.13. The number of hydrogen-bond donors (Lipinski definition) is 2. The molecule has 0 atom stereocenters. The summed E-state index contributed by atoms with van der Waals surface area (Å²) < 4.78 is 0. The molecule has 4 nitrogen and oxygen atoms in total. The molecule has 0 unspecified atom stereocenters. The first-order valence-electron chi connectivity index (χ1n) is 5.95. The van der Waals surface area contributed by atoms with E-state index in [1.807, 2.05) is 12.1 Å². The molecule has 1 aliphatic rings. The summed E-state index contributed by atoms with van der Waals surface area (Å²) in [4.78, 5) is 2.45. The Morgan fingerprint density at radius 1 is 0.947 bits per heavy atom. The summed E-state index contributed by atoms with van der Waals surface area (Å²) in [6.07, 6.45) is 1.74. The normalized spacial score (nSPS) is 12.4. The number of aromatic nitrogens is 3. The molecule has 0 radical (unpaired) electrons. The number of H-pyrrole nitrogens is 1. The van der Waals surface area contributed by atoms with Gasteiger partial charge >= 0.3 is 0 Å². The minimum atomic E-state index is 0.851. The molecule has 0 bridgehead atoms. The lowest BCUT2D eigenvalue weighted by atomic mass is 10.1. The first kappa shape index (κ1) is 10.6. The summed E-state index contributed by atoms with van der Waals surface area (Å²) in [6.45, 7) is 0. The van der Waals surface area contributed by atoms with E-state index >= 15 is 0 Å². The zero-order valence-corrected chi connectivity index (χ0v) is 10.7. The second-order valence-electron chi connectivity index (χ2n) is 4.26. The van der Waals surface area contributed by atoms with Crippen LogP contribution in [0.4, 0.5) is 11.4 Å². The van der Waals surface area contributed by atoms with Crippen LogP contribution in [-0.2, 0) is 0 Å². The van der Waals surface area contributed by atoms with Crippen LogP contribution in [0.3, 0.4) is 0 Å². The first-order valence-corrected chi connectivity index (χ1v) is 6.76. The molecule has 5 heteroatoms. The van der Waals surface area contributed by atoms with Crippen molar-refractivity contribution < 1.29 is 0 Å². The fourth-order valence-electron chi connectivity index (χ4n) is 2.20. The van der Waals surface area contributed by atoms with E-state index in [1.54, 1.807) is 18.0 Å². The lowest BCUT2D eigenvalue weighted by Gasteiger charge is -2.22. The molecule has 0 fully saturated rings. The van der Waals surface area contributed by atoms with Gasteiger partial charge in [-0.15, -0.1) is 0 Å². The van der Waals surface area contributed by atoms with Crippen LogP contribution in [0.2, 0.25) is 0 Å². The highest BCUT2D eigenvalue weighted by molar-refractivity contribution is 7.99. The highest BCUT2D eigenvalue weighted by Crippen LogP contribution is 2.47. The van der Waals surface area contributed by atoms with Crippen molar-refractivity contribution in [2.45, 2.75) is 9.79 Å². The maximum atomic E-state index is 4.17. The number of para-hydroxylation sites is 2. The topological polar surface area (TPSA) is 53.6 Å². The Bertz CT molecular complexity index is 737. The lowest BCUT2D eigenvalue weighted by molar-refractivity contribution is 0.942. The van der Waals surface area contributed by atoms with Crippen molar-refractivity contribution >= 4 is 23.1 Å². The van der Waals surface area contributed by atoms with Gasteiger partial charge in [0.05, 0.1) is 17.6 Å². The summed E-state index contributed by atoms with van der Waals surface area (Å²) in [7, 11) is 0. The second-order valence-corrected chi connectivity index (χ2v) is 5.34. The van der Waals surface area contributed by atoms with Gasteiger partial charge in [-0.2, -0.15) is 15.4 Å². The van der Waals surface area contributed by atoms with Crippen molar-refractivity contribution in [3.05, 3.63) is 48.7 Å². The van der Waals surface area contributed by atoms with Crippen molar-refractivity contribution in [1.29, 1.82) is 0 Å². The van der Waals surface area contributed by atoms with Crippen molar-refractivity contribution in [3.63, 3.8) is 0 Å². The molecule has 4 rings (SSSR count). The van der Waals surface area contributed by atoms with E-state index in [1.165, 1.54) is 9.79 Å². The molecule has 92 valence electrons. The standard InChI is InChI=1S/C14H10N4S/c1-2-6-12-10(5-1)16-14-9(11-8-15-18-17-11)4-3-7-13(14)19-12/h1-8,16H,(H,15,17,18). The van der Waals surface area contributed by atoms with E-state index in [4.69, 9.17) is 0 Å². The van der Waals surface area contributed by atoms with Crippen molar-refractivity contribution in [1.82, 2.24) is 15.4 Å². The third-order valence-electron chi connectivity index (χ3n) is 3.08. The summed E-state index contributed by atoms with van der Waals surface area (Å²) >= 11 is 1.77. The quantitative estimate of drug-likeness (QED) is 0.552. The van der Waals surface area contributed by atoms with Crippen LogP contribution in [0, 0.1) is 0 Å². The Kier molecular flexibility index (Phi) is 2.31. The summed E-state index contributed by atoms with van der Waals surface area (Å²) in [5.74, 6) is 0. The van der Waals surface area contributed by atoms with E-state index in [0.717, 1.165) is 22.6 Å². The summed E-state index contributed by atoms with van der Waals surface area (Å²) in [5, 5.41) is 14.2. The van der Waals surface area contributed by atoms with E-state index in [-0.39, 0.29) is 0 Å². The number of fused-ring (bicyclic) bond motifs is 2. The van der Waals surface area contributed by atoms with Gasteiger partial charge in [0.2, 0.25) is 0 Å². The van der Waals surface area contributed by atoms with Gasteiger partial charge in [-0.05, 0) is 18.2 Å². The molecule has 0 amide bonds. The van der Waals surface area contributed by atoms with Crippen molar-refractivity contribution in [2.24, 2.45) is 0 Å². The number of hydrogen-bond acceptors (Lipinski definition) is 4. The van der Waals surface area contributed by atoms with Gasteiger partial charge in [-0.3, -0.25) is 0 Å². The number of rotatable bonds is 1. The number of aromatic amines is 1. The number of anilines is 2. The fourth-order valence-corrected chi connectivity index (χ4v) is 3.22. The van der Waals surface area contributed by atoms with E-state index in [9.17, 15) is 0 Å². The highest BCUT2D eigenvalue weighted by Gasteiger charge is 2.19. The van der Waals surface area contributed by atoms with E-state index in [0.29, 0.717) is 0 Å². The maximum Gasteiger partial charge on any atom is 0.114 e. The average molecular weight is 266 g/mol. The first-order chi connectivity index (χ1) is 9.42. The van der Waals surface area contributed by atoms with Gasteiger partial charge in [0.25, 0.3) is 0 Å². The molecule has 0 spiro atoms. The smallest absolute Gasteiger partial charge is 0.114 e. The molecule has 0 saturated heterocycles. The van der Waals surface area contributed by atoms with Crippen LogP contribution in [0.15, 0.2) is 58.5 Å². The molecule has 2 aromatic carbocycles. The van der Waals surface area contributed by atoms with E-state index in [2.05, 4.69) is 51.1 Å². The molecule has 1 aliphatic heterocycles. The highest BCUT2D eigenvalue weighted by atomic mass is 32.2. The molecule has 19 heavy (non-hydrogen) atoms. The molecule has 2 N–H and O–H groups in total. The molecule has 3 aromatic rings. The molecular weight excluding hydrogens is 256 g/mol. The van der Waals surface area contributed by atoms with Crippen LogP contribution in [0.25, 0.3) is 11.3 Å². The van der Waals surface area contributed by atoms with Gasteiger partial charge in [-0.25, -0.2) is 0 Å². The third-order valence-corrected chi connectivity index (χ3v) is 4.22. The van der Waals surface area contributed by atoms with Gasteiger partial charge in [-0.1, -0.05) is 36.0 Å². The predicted molar refractivity (Wildman–Crippen MR) is 75.7 cm³/mol. The zero-order valence-electron chi connectivity index (χ0n) is 9.92. The van der Waals surface area contributed by atoms with Crippen LogP contribution in [0.5, 0.6) is 0 Å². The molecule has 0 aliphatic carbocycles. The number of nitrogens with zero attached hydrogens (tertiary/aromatic N) is 2. The Morgan fingerprint density at radius 3 is 2.74 bits per heavy atom. The van der Waals surface area contributed by atoms with Crippen LogP contribution in [-0.4, -0.2) is 15.4 Å². The van der Waals surface area contributed by atoms with Crippen LogP contribution in [0.1, 0.15) is 0 Å². The maximum absolute atomic E-state index is 4.17.